The lowest BCUT2D eigenvalue weighted by atomic mass is 10.2. The predicted octanol–water partition coefficient (Wildman–Crippen LogP) is 0.697. The van der Waals surface area contributed by atoms with Crippen molar-refractivity contribution in [3.05, 3.63) is 39.1 Å². The number of nitrogens with one attached hydrogen (secondary N) is 2. The monoisotopic (exact) mass is 364 g/mol. The van der Waals surface area contributed by atoms with Gasteiger partial charge in [0.2, 0.25) is 5.95 Å². The van der Waals surface area contributed by atoms with Gasteiger partial charge in [-0.1, -0.05) is 0 Å². The lowest BCUT2D eigenvalue weighted by Crippen LogP contribution is -2.14. The van der Waals surface area contributed by atoms with Crippen molar-refractivity contribution in [3.8, 4) is 0 Å². The number of H-pyrrole nitrogens is 1. The van der Waals surface area contributed by atoms with E-state index in [1.807, 2.05) is 13.8 Å². The minimum atomic E-state index is -2.97. The Hall–Kier alpha value is -2.49. The summed E-state index contributed by atoms with van der Waals surface area (Å²) in [7, 11) is -2.97. The number of aromatic nitrogens is 4. The topological polar surface area (TPSA) is 122 Å². The van der Waals surface area contributed by atoms with Crippen LogP contribution < -0.4 is 11.0 Å². The quantitative estimate of drug-likeness (QED) is 0.608. The van der Waals surface area contributed by atoms with E-state index in [-0.39, 0.29) is 29.1 Å². The Bertz CT molecular complexity index is 989. The molecule has 1 aliphatic rings. The second-order valence-corrected chi connectivity index (χ2v) is 8.42. The van der Waals surface area contributed by atoms with E-state index in [0.717, 1.165) is 17.0 Å². The van der Waals surface area contributed by atoms with Gasteiger partial charge in [0.1, 0.15) is 0 Å². The van der Waals surface area contributed by atoms with Crippen LogP contribution in [0.3, 0.4) is 0 Å². The van der Waals surface area contributed by atoms with Crippen molar-refractivity contribution in [2.75, 3.05) is 16.9 Å². The normalized spacial score (nSPS) is 19.6. The van der Waals surface area contributed by atoms with Gasteiger partial charge >= 0.3 is 0 Å². The fourth-order valence-corrected chi connectivity index (χ4v) is 4.67. The molecule has 9 nitrogen and oxygen atoms in total. The highest BCUT2D eigenvalue weighted by Crippen LogP contribution is 2.26. The van der Waals surface area contributed by atoms with Gasteiger partial charge in [-0.25, -0.2) is 18.8 Å². The number of aromatic amines is 1. The second kappa shape index (κ2) is 6.43. The van der Waals surface area contributed by atoms with E-state index in [1.54, 1.807) is 17.8 Å². The lowest BCUT2D eigenvalue weighted by Gasteiger charge is -2.10. The molecule has 2 aromatic heterocycles. The molecule has 1 aliphatic heterocycles. The van der Waals surface area contributed by atoms with E-state index in [9.17, 15) is 13.2 Å². The number of hydrogen-bond donors (Lipinski definition) is 2. The van der Waals surface area contributed by atoms with Gasteiger partial charge in [0.05, 0.1) is 29.5 Å². The van der Waals surface area contributed by atoms with Crippen LogP contribution >= 0.6 is 0 Å². The molecule has 1 saturated heterocycles. The Kier molecular flexibility index (Phi) is 4.46. The Balaban J connectivity index is 1.80. The first-order valence-corrected chi connectivity index (χ1v) is 9.70. The summed E-state index contributed by atoms with van der Waals surface area (Å²) in [5.74, 6) is 0.580. The van der Waals surface area contributed by atoms with Crippen LogP contribution in [0.5, 0.6) is 0 Å². The fourth-order valence-electron chi connectivity index (χ4n) is 2.98. The number of hydrogen-bond acceptors (Lipinski definition) is 7. The molecular formula is C15H20N6O3S. The Morgan fingerprint density at radius 2 is 2.16 bits per heavy atom. The third-order valence-corrected chi connectivity index (χ3v) is 5.92. The van der Waals surface area contributed by atoms with E-state index in [0.29, 0.717) is 12.1 Å². The standard InChI is InChI=1S/C15H20N6O3S/c1-9-6-14(22)18-15(17-9)19-16-7-13-10(2)20-21(11(13)3)12-4-5-25(23,24)8-12/h6-7,12H,4-5,8H2,1-3H3,(H2,17,18,19,22)/b16-7-/t12-/m0/s1. The third-order valence-electron chi connectivity index (χ3n) is 4.17. The largest absolute Gasteiger partial charge is 0.291 e. The van der Waals surface area contributed by atoms with E-state index in [1.165, 1.54) is 6.07 Å². The number of aryl methyl sites for hydroxylation is 2. The Labute approximate surface area is 145 Å². The minimum Gasteiger partial charge on any atom is -0.291 e. The third kappa shape index (κ3) is 3.78. The molecule has 0 radical (unpaired) electrons. The molecule has 0 aromatic carbocycles. The van der Waals surface area contributed by atoms with Crippen molar-refractivity contribution < 1.29 is 8.42 Å². The molecule has 2 N–H and O–H groups in total. The molecule has 0 unspecified atom stereocenters. The molecule has 0 aliphatic carbocycles. The smallest absolute Gasteiger partial charge is 0.252 e. The van der Waals surface area contributed by atoms with Crippen LogP contribution in [0.25, 0.3) is 0 Å². The molecule has 3 heterocycles. The summed E-state index contributed by atoms with van der Waals surface area (Å²) in [5, 5.41) is 8.58. The highest BCUT2D eigenvalue weighted by Gasteiger charge is 2.31. The van der Waals surface area contributed by atoms with Gasteiger partial charge in [0, 0.05) is 23.0 Å². The molecule has 0 bridgehead atoms. The van der Waals surface area contributed by atoms with Gasteiger partial charge in [0.15, 0.2) is 9.84 Å². The number of rotatable bonds is 4. The number of hydrazone groups is 1. The van der Waals surface area contributed by atoms with Crippen molar-refractivity contribution in [3.63, 3.8) is 0 Å². The van der Waals surface area contributed by atoms with Crippen molar-refractivity contribution in [1.29, 1.82) is 0 Å². The van der Waals surface area contributed by atoms with Crippen molar-refractivity contribution in [1.82, 2.24) is 19.7 Å². The van der Waals surface area contributed by atoms with Crippen molar-refractivity contribution >= 4 is 22.0 Å². The van der Waals surface area contributed by atoms with E-state index in [4.69, 9.17) is 0 Å². The molecule has 1 atom stereocenters. The summed E-state index contributed by atoms with van der Waals surface area (Å²) < 4.78 is 25.1. The van der Waals surface area contributed by atoms with Gasteiger partial charge in [-0.05, 0) is 27.2 Å². The minimum absolute atomic E-state index is 0.123. The molecular weight excluding hydrogens is 344 g/mol. The van der Waals surface area contributed by atoms with Crippen LogP contribution in [-0.4, -0.2) is 45.9 Å². The molecule has 0 saturated carbocycles. The summed E-state index contributed by atoms with van der Waals surface area (Å²) in [6.07, 6.45) is 2.17. The van der Waals surface area contributed by atoms with Gasteiger partial charge in [0.25, 0.3) is 5.56 Å². The Morgan fingerprint density at radius 1 is 1.40 bits per heavy atom. The summed E-state index contributed by atoms with van der Waals surface area (Å²) in [5.41, 5.74) is 5.45. The first kappa shape index (κ1) is 17.3. The second-order valence-electron chi connectivity index (χ2n) is 6.19. The van der Waals surface area contributed by atoms with Crippen molar-refractivity contribution in [2.45, 2.75) is 33.2 Å². The van der Waals surface area contributed by atoms with Gasteiger partial charge in [-0.15, -0.1) is 0 Å². The molecule has 0 amide bonds. The summed E-state index contributed by atoms with van der Waals surface area (Å²) >= 11 is 0. The van der Waals surface area contributed by atoms with Crippen LogP contribution in [0.4, 0.5) is 5.95 Å². The highest BCUT2D eigenvalue weighted by atomic mass is 32.2. The highest BCUT2D eigenvalue weighted by molar-refractivity contribution is 7.91. The predicted molar refractivity (Wildman–Crippen MR) is 94.8 cm³/mol. The van der Waals surface area contributed by atoms with Crippen LogP contribution in [0.1, 0.15) is 35.1 Å². The van der Waals surface area contributed by atoms with Crippen LogP contribution in [0, 0.1) is 20.8 Å². The first-order valence-electron chi connectivity index (χ1n) is 7.88. The average Bonchev–Trinajstić information content (AvgIpc) is 2.99. The molecule has 25 heavy (non-hydrogen) atoms. The molecule has 3 rings (SSSR count). The maximum absolute atomic E-state index is 11.7. The van der Waals surface area contributed by atoms with Crippen LogP contribution in [0.2, 0.25) is 0 Å². The van der Waals surface area contributed by atoms with E-state index < -0.39 is 9.84 Å². The first-order chi connectivity index (χ1) is 11.7. The zero-order valence-corrected chi connectivity index (χ0v) is 15.1. The molecule has 2 aromatic rings. The number of sulfone groups is 1. The number of nitrogens with zero attached hydrogens (tertiary/aromatic N) is 4. The molecule has 10 heteroatoms. The van der Waals surface area contributed by atoms with Crippen LogP contribution in [-0.2, 0) is 9.84 Å². The SMILES string of the molecule is Cc1cc(=O)[nH]c(N/N=C\c2c(C)nn([C@H]3CCS(=O)(=O)C3)c2C)n1. The fraction of sp³-hybridized carbons (Fsp3) is 0.467. The van der Waals surface area contributed by atoms with Gasteiger partial charge in [-0.2, -0.15) is 10.2 Å². The lowest BCUT2D eigenvalue weighted by molar-refractivity contribution is 0.486. The van der Waals surface area contributed by atoms with E-state index >= 15 is 0 Å². The molecule has 134 valence electrons. The molecule has 0 spiro atoms. The summed E-state index contributed by atoms with van der Waals surface area (Å²) in [6.45, 7) is 5.46. The zero-order chi connectivity index (χ0) is 18.2. The van der Waals surface area contributed by atoms with Gasteiger partial charge in [-0.3, -0.25) is 14.5 Å². The average molecular weight is 364 g/mol. The summed E-state index contributed by atoms with van der Waals surface area (Å²) in [4.78, 5) is 18.1. The Morgan fingerprint density at radius 3 is 2.80 bits per heavy atom. The maximum atomic E-state index is 11.7. The molecule has 1 fully saturated rings. The zero-order valence-electron chi connectivity index (χ0n) is 14.3. The maximum Gasteiger partial charge on any atom is 0.252 e. The summed E-state index contributed by atoms with van der Waals surface area (Å²) in [6, 6.07) is 1.26. The van der Waals surface area contributed by atoms with Gasteiger partial charge < -0.3 is 0 Å². The number of anilines is 1. The van der Waals surface area contributed by atoms with Crippen molar-refractivity contribution in [2.24, 2.45) is 5.10 Å². The van der Waals surface area contributed by atoms with E-state index in [2.05, 4.69) is 25.6 Å². The van der Waals surface area contributed by atoms with Crippen LogP contribution in [0.15, 0.2) is 16.0 Å².